The van der Waals surface area contributed by atoms with Crippen LogP contribution in [0.5, 0.6) is 0 Å². The number of nitrogen functional groups attached to an aromatic ring is 1. The smallest absolute Gasteiger partial charge is 0.194 e. The molecule has 0 radical (unpaired) electrons. The second kappa shape index (κ2) is 6.50. The van der Waals surface area contributed by atoms with Crippen molar-refractivity contribution in [1.29, 1.82) is 0 Å². The summed E-state index contributed by atoms with van der Waals surface area (Å²) in [5, 5.41) is 8.74. The topological polar surface area (TPSA) is 80.5 Å². The number of hydrogen-bond donors (Lipinski definition) is 2. The minimum absolute atomic E-state index is 0.457. The Morgan fingerprint density at radius 3 is 2.68 bits per heavy atom. The van der Waals surface area contributed by atoms with E-state index in [2.05, 4.69) is 36.1 Å². The fraction of sp³-hybridized carbons (Fsp3) is 0.0556. The molecular formula is C18H14BrN5S. The van der Waals surface area contributed by atoms with E-state index in [0.717, 1.165) is 37.2 Å². The van der Waals surface area contributed by atoms with E-state index in [1.54, 1.807) is 0 Å². The van der Waals surface area contributed by atoms with Gasteiger partial charge < -0.3 is 5.73 Å². The Balaban J connectivity index is 1.80. The first-order chi connectivity index (χ1) is 12.1. The van der Waals surface area contributed by atoms with E-state index in [4.69, 9.17) is 5.73 Å². The highest BCUT2D eigenvalue weighted by molar-refractivity contribution is 9.10. The Morgan fingerprint density at radius 2 is 1.92 bits per heavy atom. The number of aryl methyl sites for hydroxylation is 1. The average molecular weight is 412 g/mol. The van der Waals surface area contributed by atoms with Crippen LogP contribution in [-0.2, 0) is 0 Å². The van der Waals surface area contributed by atoms with Gasteiger partial charge in [-0.25, -0.2) is 9.97 Å². The number of nitrogens with zero attached hydrogens (tertiary/aromatic N) is 3. The van der Waals surface area contributed by atoms with E-state index < -0.39 is 0 Å². The zero-order valence-corrected chi connectivity index (χ0v) is 15.7. The van der Waals surface area contributed by atoms with Crippen molar-refractivity contribution in [3.05, 3.63) is 58.7 Å². The molecule has 0 atom stereocenters. The van der Waals surface area contributed by atoms with Crippen LogP contribution in [0, 0.1) is 6.92 Å². The number of hydrogen-bond acceptors (Lipinski definition) is 5. The van der Waals surface area contributed by atoms with Gasteiger partial charge in [0, 0.05) is 20.6 Å². The summed E-state index contributed by atoms with van der Waals surface area (Å²) in [5.41, 5.74) is 9.84. The molecule has 4 rings (SSSR count). The highest BCUT2D eigenvalue weighted by Crippen LogP contribution is 2.34. The lowest BCUT2D eigenvalue weighted by Gasteiger charge is -2.08. The molecule has 7 heteroatoms. The summed E-state index contributed by atoms with van der Waals surface area (Å²) in [5.74, 6) is 0.457. The summed E-state index contributed by atoms with van der Waals surface area (Å²) in [6, 6.07) is 15.9. The summed E-state index contributed by atoms with van der Waals surface area (Å²) >= 11 is 4.96. The molecule has 3 N–H and O–H groups in total. The monoisotopic (exact) mass is 411 g/mol. The molecule has 0 amide bonds. The molecular weight excluding hydrogens is 398 g/mol. The number of nitrogens with two attached hydrogens (primary N) is 1. The SMILES string of the molecule is Cc1cc(-c2cccc3nc(Sc4cccc(Br)c4)nc(N)c23)n[nH]1. The normalized spacial score (nSPS) is 11.1. The van der Waals surface area contributed by atoms with Gasteiger partial charge in [-0.3, -0.25) is 5.10 Å². The van der Waals surface area contributed by atoms with Gasteiger partial charge in [0.15, 0.2) is 5.16 Å². The van der Waals surface area contributed by atoms with Gasteiger partial charge in [-0.1, -0.05) is 34.1 Å². The fourth-order valence-electron chi connectivity index (χ4n) is 2.64. The van der Waals surface area contributed by atoms with Gasteiger partial charge >= 0.3 is 0 Å². The lowest BCUT2D eigenvalue weighted by molar-refractivity contribution is 1.01. The highest BCUT2D eigenvalue weighted by atomic mass is 79.9. The molecule has 25 heavy (non-hydrogen) atoms. The maximum absolute atomic E-state index is 6.27. The maximum Gasteiger partial charge on any atom is 0.194 e. The number of rotatable bonds is 3. The number of anilines is 1. The summed E-state index contributed by atoms with van der Waals surface area (Å²) < 4.78 is 1.02. The highest BCUT2D eigenvalue weighted by Gasteiger charge is 2.13. The third-order valence-corrected chi connectivity index (χ3v) is 5.07. The number of nitrogens with one attached hydrogen (secondary N) is 1. The van der Waals surface area contributed by atoms with Crippen molar-refractivity contribution in [2.75, 3.05) is 5.73 Å². The molecule has 124 valence electrons. The van der Waals surface area contributed by atoms with Crippen LogP contribution in [-0.4, -0.2) is 20.2 Å². The number of halogens is 1. The Labute approximate surface area is 157 Å². The molecule has 0 saturated carbocycles. The van der Waals surface area contributed by atoms with Gasteiger partial charge in [0.1, 0.15) is 5.82 Å². The number of benzene rings is 2. The summed E-state index contributed by atoms with van der Waals surface area (Å²) in [6.45, 7) is 1.97. The second-order valence-corrected chi connectivity index (χ2v) is 7.54. The van der Waals surface area contributed by atoms with Crippen LogP contribution in [0.3, 0.4) is 0 Å². The number of H-pyrrole nitrogens is 1. The minimum Gasteiger partial charge on any atom is -0.383 e. The molecule has 0 aliphatic heterocycles. The van der Waals surface area contributed by atoms with Crippen molar-refractivity contribution >= 4 is 44.4 Å². The largest absolute Gasteiger partial charge is 0.383 e. The van der Waals surface area contributed by atoms with Crippen LogP contribution >= 0.6 is 27.7 Å². The number of aromatic amines is 1. The quantitative estimate of drug-likeness (QED) is 0.472. The summed E-state index contributed by atoms with van der Waals surface area (Å²) in [4.78, 5) is 10.2. The molecule has 0 aliphatic carbocycles. The van der Waals surface area contributed by atoms with E-state index in [9.17, 15) is 0 Å². The standard InChI is InChI=1S/C18H14BrN5S/c1-10-8-15(24-23-10)13-6-3-7-14-16(13)17(20)22-18(21-14)25-12-5-2-4-11(19)9-12/h2-9H,1H3,(H,23,24)(H2,20,21,22). The summed E-state index contributed by atoms with van der Waals surface area (Å²) in [7, 11) is 0. The van der Waals surface area contributed by atoms with Crippen LogP contribution in [0.25, 0.3) is 22.2 Å². The van der Waals surface area contributed by atoms with Crippen molar-refractivity contribution in [3.8, 4) is 11.3 Å². The Morgan fingerprint density at radius 1 is 1.08 bits per heavy atom. The number of fused-ring (bicyclic) bond motifs is 1. The van der Waals surface area contributed by atoms with Crippen molar-refractivity contribution in [2.24, 2.45) is 0 Å². The Kier molecular flexibility index (Phi) is 4.19. The van der Waals surface area contributed by atoms with Gasteiger partial charge in [-0.15, -0.1) is 0 Å². The Hall–Kier alpha value is -2.38. The van der Waals surface area contributed by atoms with Gasteiger partial charge in [-0.2, -0.15) is 5.10 Å². The van der Waals surface area contributed by atoms with E-state index in [-0.39, 0.29) is 0 Å². The minimum atomic E-state index is 0.457. The van der Waals surface area contributed by atoms with Gasteiger partial charge in [0.25, 0.3) is 0 Å². The molecule has 0 unspecified atom stereocenters. The third-order valence-electron chi connectivity index (χ3n) is 3.72. The average Bonchev–Trinajstić information content (AvgIpc) is 3.00. The van der Waals surface area contributed by atoms with Crippen LogP contribution in [0.2, 0.25) is 0 Å². The van der Waals surface area contributed by atoms with Gasteiger partial charge in [-0.05, 0) is 49.0 Å². The molecule has 2 aromatic heterocycles. The predicted octanol–water partition coefficient (Wildman–Crippen LogP) is 4.82. The van der Waals surface area contributed by atoms with E-state index in [1.165, 1.54) is 11.8 Å². The van der Waals surface area contributed by atoms with E-state index >= 15 is 0 Å². The van der Waals surface area contributed by atoms with E-state index in [0.29, 0.717) is 11.0 Å². The third kappa shape index (κ3) is 3.25. The van der Waals surface area contributed by atoms with Gasteiger partial charge in [0.05, 0.1) is 16.6 Å². The van der Waals surface area contributed by atoms with Crippen molar-refractivity contribution < 1.29 is 0 Å². The molecule has 0 saturated heterocycles. The first-order valence-electron chi connectivity index (χ1n) is 7.62. The second-order valence-electron chi connectivity index (χ2n) is 5.59. The Bertz CT molecular complexity index is 1080. The van der Waals surface area contributed by atoms with Crippen molar-refractivity contribution in [3.63, 3.8) is 0 Å². The maximum atomic E-state index is 6.27. The molecule has 2 aromatic carbocycles. The lowest BCUT2D eigenvalue weighted by atomic mass is 10.1. The molecule has 0 bridgehead atoms. The molecule has 4 aromatic rings. The van der Waals surface area contributed by atoms with Crippen LogP contribution < -0.4 is 5.73 Å². The molecule has 0 spiro atoms. The molecule has 5 nitrogen and oxygen atoms in total. The lowest BCUT2D eigenvalue weighted by Crippen LogP contribution is -1.98. The zero-order valence-electron chi connectivity index (χ0n) is 13.3. The van der Waals surface area contributed by atoms with Crippen LogP contribution in [0.15, 0.2) is 63.1 Å². The van der Waals surface area contributed by atoms with Crippen molar-refractivity contribution in [1.82, 2.24) is 20.2 Å². The first-order valence-corrected chi connectivity index (χ1v) is 9.23. The van der Waals surface area contributed by atoms with Crippen LogP contribution in [0.1, 0.15) is 5.69 Å². The van der Waals surface area contributed by atoms with E-state index in [1.807, 2.05) is 55.5 Å². The van der Waals surface area contributed by atoms with Gasteiger partial charge in [0.2, 0.25) is 0 Å². The first kappa shape index (κ1) is 16.1. The molecule has 2 heterocycles. The predicted molar refractivity (Wildman–Crippen MR) is 105 cm³/mol. The van der Waals surface area contributed by atoms with Crippen LogP contribution in [0.4, 0.5) is 5.82 Å². The molecule has 0 aliphatic rings. The summed E-state index contributed by atoms with van der Waals surface area (Å²) in [6.07, 6.45) is 0. The fourth-order valence-corrected chi connectivity index (χ4v) is 4.02. The van der Waals surface area contributed by atoms with Crippen molar-refractivity contribution in [2.45, 2.75) is 17.0 Å². The zero-order chi connectivity index (χ0) is 17.4. The number of aromatic nitrogens is 4. The molecule has 0 fully saturated rings.